The molecule has 188 valence electrons. The van der Waals surface area contributed by atoms with Crippen molar-refractivity contribution in [3.8, 4) is 5.75 Å². The van der Waals surface area contributed by atoms with Gasteiger partial charge in [-0.2, -0.15) is 0 Å². The molecule has 1 aromatic carbocycles. The lowest BCUT2D eigenvalue weighted by atomic mass is 10.1. The predicted molar refractivity (Wildman–Crippen MR) is 146 cm³/mol. The van der Waals surface area contributed by atoms with Crippen LogP contribution >= 0.6 is 0 Å². The van der Waals surface area contributed by atoms with E-state index in [1.807, 2.05) is 12.2 Å². The number of ether oxygens (including phenoxy) is 1. The number of hydrogen-bond donors (Lipinski definition) is 1. The Morgan fingerprint density at radius 1 is 1.06 bits per heavy atom. The van der Waals surface area contributed by atoms with Gasteiger partial charge in [-0.15, -0.1) is 0 Å². The quantitative estimate of drug-likeness (QED) is 0.103. The van der Waals surface area contributed by atoms with E-state index in [9.17, 15) is 4.79 Å². The number of fused-ring (bicyclic) bond motifs is 1. The van der Waals surface area contributed by atoms with Crippen LogP contribution in [0.15, 0.2) is 48.7 Å². The fourth-order valence-corrected chi connectivity index (χ4v) is 3.59. The van der Waals surface area contributed by atoms with Crippen LogP contribution in [0, 0.1) is 0 Å². The third-order valence-corrected chi connectivity index (χ3v) is 5.40. The van der Waals surface area contributed by atoms with Crippen LogP contribution in [0.25, 0.3) is 10.9 Å². The van der Waals surface area contributed by atoms with Gasteiger partial charge in [-0.05, 0) is 76.6 Å². The molecule has 0 aliphatic heterocycles. The molecule has 0 fully saturated rings. The Bertz CT molecular complexity index is 1220. The molecular weight excluding hydrogens is 420 g/mol. The maximum Gasteiger partial charge on any atom is 0.311 e. The maximum absolute atomic E-state index is 12.6. The molecule has 0 amide bonds. The van der Waals surface area contributed by atoms with E-state index in [1.165, 1.54) is 12.3 Å². The van der Waals surface area contributed by atoms with Crippen molar-refractivity contribution in [2.24, 2.45) is 0 Å². The normalized spacial score (nSPS) is 17.6. The van der Waals surface area contributed by atoms with E-state index in [1.54, 1.807) is 24.3 Å². The summed E-state index contributed by atoms with van der Waals surface area (Å²) in [6.45, 7) is -3.63. The van der Waals surface area contributed by atoms with Gasteiger partial charge in [0.15, 0.2) is 0 Å². The van der Waals surface area contributed by atoms with Crippen molar-refractivity contribution in [1.82, 2.24) is 9.88 Å². The molecule has 0 aliphatic carbocycles. The van der Waals surface area contributed by atoms with Gasteiger partial charge in [0.25, 0.3) is 0 Å². The van der Waals surface area contributed by atoms with E-state index < -0.39 is 32.2 Å². The first-order valence-corrected chi connectivity index (χ1v) is 12.4. The van der Waals surface area contributed by atoms with Crippen molar-refractivity contribution in [2.75, 3.05) is 20.5 Å². The van der Waals surface area contributed by atoms with Crippen molar-refractivity contribution in [1.29, 1.82) is 0 Å². The summed E-state index contributed by atoms with van der Waals surface area (Å²) in [6.07, 6.45) is 13.6. The molecule has 34 heavy (non-hydrogen) atoms. The molecule has 2 rings (SSSR count). The molecule has 0 spiro atoms. The zero-order valence-electron chi connectivity index (χ0n) is 29.7. The summed E-state index contributed by atoms with van der Waals surface area (Å²) < 4.78 is 78.1. The molecule has 0 saturated heterocycles. The summed E-state index contributed by atoms with van der Waals surface area (Å²) >= 11 is 0. The van der Waals surface area contributed by atoms with Crippen molar-refractivity contribution in [3.63, 3.8) is 0 Å². The third-order valence-electron chi connectivity index (χ3n) is 5.40. The number of likely N-dealkylation sites (N-methyl/N-ethyl adjacent to an activating group) is 1. The number of unbranched alkanes of at least 4 members (excludes halogenated alkanes) is 8. The maximum atomic E-state index is 12.6. The first-order chi connectivity index (χ1) is 20.0. The number of allylic oxidation sites excluding steroid dienone is 4. The Hall–Kier alpha value is -2.33. The number of esters is 1. The summed E-state index contributed by atoms with van der Waals surface area (Å²) in [5, 5.41) is 0.188. The van der Waals surface area contributed by atoms with Crippen molar-refractivity contribution in [3.05, 3.63) is 54.3 Å². The Balaban J connectivity index is 1.86. The number of H-pyrrole nitrogens is 1. The number of carbonyl (C=O) groups is 1. The van der Waals surface area contributed by atoms with Gasteiger partial charge in [-0.25, -0.2) is 0 Å². The lowest BCUT2D eigenvalue weighted by Gasteiger charge is -2.10. The second-order valence-electron chi connectivity index (χ2n) is 8.42. The van der Waals surface area contributed by atoms with E-state index in [0.717, 1.165) is 64.8 Å². The lowest BCUT2D eigenvalue weighted by Crippen LogP contribution is -2.15. The topological polar surface area (TPSA) is 45.3 Å². The molecule has 0 aliphatic rings. The largest absolute Gasteiger partial charge is 0.426 e. The standard InChI is InChI=1S/C30H46N2O2/c1-4-5-6-7-8-9-10-11-12-13-14-15-16-17-18-22-29(33)34-28-21-19-20-27-30(28)26(25-31-27)23-24-32(2)3/h8-9,11-12,19-21,25,31H,4-7,10,13-18,22-24H2,1-3H3/b9-8-,12-11-/i2D3,10D2,23D2,24D2. The van der Waals surface area contributed by atoms with Crippen LogP contribution in [0.2, 0.25) is 0 Å². The van der Waals surface area contributed by atoms with Crippen LogP contribution in [0.4, 0.5) is 0 Å². The molecule has 0 saturated carbocycles. The molecule has 4 heteroatoms. The Morgan fingerprint density at radius 2 is 1.79 bits per heavy atom. The summed E-state index contributed by atoms with van der Waals surface area (Å²) in [6, 6.07) is 4.78. The van der Waals surface area contributed by atoms with E-state index in [2.05, 4.69) is 11.9 Å². The highest BCUT2D eigenvalue weighted by atomic mass is 16.5. The van der Waals surface area contributed by atoms with Gasteiger partial charge in [-0.1, -0.05) is 69.4 Å². The fourth-order valence-electron chi connectivity index (χ4n) is 3.59. The molecule has 0 bridgehead atoms. The van der Waals surface area contributed by atoms with Gasteiger partial charge < -0.3 is 14.6 Å². The minimum absolute atomic E-state index is 0.0809. The van der Waals surface area contributed by atoms with Crippen LogP contribution in [0.1, 0.15) is 102 Å². The number of benzene rings is 1. The molecule has 2 aromatic rings. The van der Waals surface area contributed by atoms with Crippen molar-refractivity contribution < 1.29 is 21.9 Å². The minimum atomic E-state index is -2.91. The number of rotatable bonds is 18. The number of nitrogens with one attached hydrogen (secondary N) is 1. The van der Waals surface area contributed by atoms with Crippen LogP contribution in [-0.4, -0.2) is 36.4 Å². The second kappa shape index (κ2) is 17.2. The third kappa shape index (κ3) is 11.2. The van der Waals surface area contributed by atoms with Crippen LogP contribution in [-0.2, 0) is 11.2 Å². The average molecular weight is 476 g/mol. The van der Waals surface area contributed by atoms with Gasteiger partial charge in [0, 0.05) is 42.4 Å². The zero-order chi connectivity index (χ0) is 32.3. The molecule has 4 nitrogen and oxygen atoms in total. The van der Waals surface area contributed by atoms with Crippen molar-refractivity contribution in [2.45, 2.75) is 90.3 Å². The first kappa shape index (κ1) is 17.2. The van der Waals surface area contributed by atoms with Gasteiger partial charge in [0.1, 0.15) is 5.75 Å². The lowest BCUT2D eigenvalue weighted by molar-refractivity contribution is -0.134. The van der Waals surface area contributed by atoms with Crippen LogP contribution in [0.5, 0.6) is 5.75 Å². The molecule has 0 radical (unpaired) electrons. The number of aryl methyl sites for hydroxylation is 1. The summed E-state index contributed by atoms with van der Waals surface area (Å²) in [5.41, 5.74) is 0.291. The predicted octanol–water partition coefficient (Wildman–Crippen LogP) is 7.99. The number of aromatic amines is 1. The number of nitrogens with zero attached hydrogens (tertiary/aromatic N) is 1. The van der Waals surface area contributed by atoms with Gasteiger partial charge in [-0.3, -0.25) is 4.79 Å². The van der Waals surface area contributed by atoms with Gasteiger partial charge in [0.2, 0.25) is 0 Å². The first-order valence-electron chi connectivity index (χ1n) is 16.9. The second-order valence-corrected chi connectivity index (χ2v) is 8.42. The number of carbonyl (C=O) groups excluding carboxylic acids is 1. The molecular formula is C30H46N2O2. The zero-order valence-corrected chi connectivity index (χ0v) is 20.7. The number of aromatic nitrogens is 1. The highest BCUT2D eigenvalue weighted by Crippen LogP contribution is 2.29. The molecule has 1 aromatic heterocycles. The smallest absolute Gasteiger partial charge is 0.311 e. The highest BCUT2D eigenvalue weighted by molar-refractivity contribution is 5.91. The summed E-state index contributed by atoms with van der Waals surface area (Å²) in [4.78, 5) is 15.9. The van der Waals surface area contributed by atoms with E-state index in [-0.39, 0.29) is 23.1 Å². The van der Waals surface area contributed by atoms with Gasteiger partial charge >= 0.3 is 5.97 Å². The monoisotopic (exact) mass is 475 g/mol. The van der Waals surface area contributed by atoms with Crippen LogP contribution in [0.3, 0.4) is 0 Å². The fraction of sp³-hybridized carbons (Fsp3) is 0.567. The van der Waals surface area contributed by atoms with Crippen LogP contribution < -0.4 is 4.74 Å². The minimum Gasteiger partial charge on any atom is -0.426 e. The van der Waals surface area contributed by atoms with Gasteiger partial charge in [0.05, 0.1) is 0 Å². The molecule has 1 heterocycles. The van der Waals surface area contributed by atoms with E-state index in [4.69, 9.17) is 17.1 Å². The summed E-state index contributed by atoms with van der Waals surface area (Å²) in [7, 11) is 1.01. The number of hydrogen-bond acceptors (Lipinski definition) is 3. The molecule has 1 N–H and O–H groups in total. The molecule has 0 unspecified atom stereocenters. The summed E-state index contributed by atoms with van der Waals surface area (Å²) in [5.74, 6) is -0.409. The van der Waals surface area contributed by atoms with Crippen molar-refractivity contribution >= 4 is 16.9 Å². The Labute approximate surface area is 220 Å². The molecule has 0 atom stereocenters. The highest BCUT2D eigenvalue weighted by Gasteiger charge is 2.13. The average Bonchev–Trinajstić information content (AvgIpc) is 3.37. The van der Waals surface area contributed by atoms with E-state index >= 15 is 0 Å². The Morgan fingerprint density at radius 3 is 2.56 bits per heavy atom. The SMILES string of the molecule is [2H]C([2H])(/C=C\CCCCC)/C=C\CCCCCCCC(=O)Oc1cccc2[nH]cc(C([2H])([2H])C([2H])([2H])N(C)C([2H])([2H])[2H])c12. The van der Waals surface area contributed by atoms with E-state index in [0.29, 0.717) is 16.8 Å². The Kier molecular flexibility index (Phi) is 8.66.